The second-order valence-electron chi connectivity index (χ2n) is 2.59. The van der Waals surface area contributed by atoms with Crippen LogP contribution in [0.5, 0.6) is 5.75 Å². The van der Waals surface area contributed by atoms with E-state index in [4.69, 9.17) is 16.3 Å². The van der Waals surface area contributed by atoms with Crippen LogP contribution in [0.15, 0.2) is 24.4 Å². The summed E-state index contributed by atoms with van der Waals surface area (Å²) in [5.74, 6) is 0.608. The molecule has 0 aliphatic heterocycles. The van der Waals surface area contributed by atoms with E-state index in [0.29, 0.717) is 10.8 Å². The third kappa shape index (κ3) is 1.45. The van der Waals surface area contributed by atoms with Crippen molar-refractivity contribution in [1.82, 2.24) is 4.98 Å². The number of hydrogen-bond donors (Lipinski definition) is 0. The van der Waals surface area contributed by atoms with E-state index in [9.17, 15) is 0 Å². The van der Waals surface area contributed by atoms with E-state index in [1.807, 2.05) is 12.1 Å². The predicted molar refractivity (Wildman–Crippen MR) is 52.1 cm³/mol. The number of nitrogens with zero attached hydrogens (tertiary/aromatic N) is 1. The molecule has 2 aromatic rings. The molecular formula is C10H7ClNO. The fraction of sp³-hybridized carbons (Fsp3) is 0.100. The van der Waals surface area contributed by atoms with E-state index in [1.165, 1.54) is 0 Å². The number of pyridine rings is 1. The third-order valence-electron chi connectivity index (χ3n) is 1.78. The van der Waals surface area contributed by atoms with Crippen molar-refractivity contribution in [2.45, 2.75) is 0 Å². The minimum absolute atomic E-state index is 0.608. The third-order valence-corrected chi connectivity index (χ3v) is 2.10. The normalized spacial score (nSPS) is 10.3. The number of ether oxygens (including phenoxy) is 1. The van der Waals surface area contributed by atoms with Crippen LogP contribution < -0.4 is 4.74 Å². The lowest BCUT2D eigenvalue weighted by Crippen LogP contribution is -1.85. The molecule has 0 bridgehead atoms. The van der Waals surface area contributed by atoms with Gasteiger partial charge in [0, 0.05) is 17.6 Å². The largest absolute Gasteiger partial charge is 0.496 e. The number of hydrogen-bond acceptors (Lipinski definition) is 2. The summed E-state index contributed by atoms with van der Waals surface area (Å²) in [6.07, 6.45) is 1.70. The lowest BCUT2D eigenvalue weighted by Gasteiger charge is -2.02. The lowest BCUT2D eigenvalue weighted by atomic mass is 10.2. The van der Waals surface area contributed by atoms with Gasteiger partial charge < -0.3 is 4.74 Å². The summed E-state index contributed by atoms with van der Waals surface area (Å²) in [6.45, 7) is 0. The van der Waals surface area contributed by atoms with Crippen molar-refractivity contribution in [1.29, 1.82) is 0 Å². The second-order valence-corrected chi connectivity index (χ2v) is 2.99. The van der Waals surface area contributed by atoms with Gasteiger partial charge in [-0.15, -0.1) is 0 Å². The maximum atomic E-state index is 6.00. The van der Waals surface area contributed by atoms with Gasteiger partial charge in [-0.2, -0.15) is 0 Å². The molecule has 0 saturated carbocycles. The van der Waals surface area contributed by atoms with Gasteiger partial charge in [-0.25, -0.2) is 0 Å². The van der Waals surface area contributed by atoms with Crippen molar-refractivity contribution in [2.24, 2.45) is 0 Å². The van der Waals surface area contributed by atoms with Gasteiger partial charge in [0.2, 0.25) is 0 Å². The molecule has 0 fully saturated rings. The van der Waals surface area contributed by atoms with Crippen molar-refractivity contribution in [3.63, 3.8) is 0 Å². The zero-order valence-corrected chi connectivity index (χ0v) is 7.80. The lowest BCUT2D eigenvalue weighted by molar-refractivity contribution is 0.414. The summed E-state index contributed by atoms with van der Waals surface area (Å²) in [7, 11) is 1.58. The molecule has 2 nitrogen and oxygen atoms in total. The van der Waals surface area contributed by atoms with E-state index >= 15 is 0 Å². The Hall–Kier alpha value is -1.28. The molecule has 1 aromatic heterocycles. The van der Waals surface area contributed by atoms with Crippen molar-refractivity contribution in [2.75, 3.05) is 7.11 Å². The first-order valence-electron chi connectivity index (χ1n) is 3.82. The minimum Gasteiger partial charge on any atom is -0.496 e. The van der Waals surface area contributed by atoms with E-state index in [1.54, 1.807) is 19.4 Å². The van der Waals surface area contributed by atoms with Gasteiger partial charge in [0.1, 0.15) is 5.75 Å². The highest BCUT2D eigenvalue weighted by Gasteiger charge is 2.02. The smallest absolute Gasteiger partial charge is 0.130 e. The molecule has 0 aliphatic rings. The Morgan fingerprint density at radius 2 is 2.38 bits per heavy atom. The molecule has 0 amide bonds. The average molecular weight is 193 g/mol. The molecule has 3 heteroatoms. The van der Waals surface area contributed by atoms with Gasteiger partial charge in [0.25, 0.3) is 0 Å². The van der Waals surface area contributed by atoms with E-state index in [2.05, 4.69) is 11.1 Å². The van der Waals surface area contributed by atoms with E-state index in [0.717, 1.165) is 10.9 Å². The van der Waals surface area contributed by atoms with Crippen LogP contribution in [0.2, 0.25) is 5.02 Å². The van der Waals surface area contributed by atoms with Gasteiger partial charge in [-0.3, -0.25) is 4.98 Å². The fourth-order valence-corrected chi connectivity index (χ4v) is 1.40. The Kier molecular flexibility index (Phi) is 2.07. The molecular weight excluding hydrogens is 186 g/mol. The Bertz CT molecular complexity index is 442. The predicted octanol–water partition coefficient (Wildman–Crippen LogP) is 2.70. The SMILES string of the molecule is COc1[c]c2ncccc2c(Cl)c1. The number of rotatable bonds is 1. The number of benzene rings is 1. The molecule has 0 atom stereocenters. The van der Waals surface area contributed by atoms with Gasteiger partial charge in [-0.05, 0) is 12.1 Å². The number of halogens is 1. The summed E-state index contributed by atoms with van der Waals surface area (Å²) in [5, 5.41) is 1.53. The molecule has 0 aliphatic carbocycles. The van der Waals surface area contributed by atoms with Crippen LogP contribution >= 0.6 is 11.6 Å². The zero-order valence-electron chi connectivity index (χ0n) is 7.04. The molecule has 1 radical (unpaired) electrons. The number of aromatic nitrogens is 1. The first-order chi connectivity index (χ1) is 6.31. The average Bonchev–Trinajstić information content (AvgIpc) is 2.18. The van der Waals surface area contributed by atoms with Crippen molar-refractivity contribution in [3.05, 3.63) is 35.5 Å². The molecule has 1 aromatic carbocycles. The molecule has 0 N–H and O–H groups in total. The van der Waals surface area contributed by atoms with Crippen LogP contribution in [-0.2, 0) is 0 Å². The maximum Gasteiger partial charge on any atom is 0.130 e. The fourth-order valence-electron chi connectivity index (χ4n) is 1.15. The van der Waals surface area contributed by atoms with Crippen molar-refractivity contribution >= 4 is 22.5 Å². The van der Waals surface area contributed by atoms with Crippen LogP contribution in [0.3, 0.4) is 0 Å². The Labute approximate surface area is 81.1 Å². The van der Waals surface area contributed by atoms with Gasteiger partial charge in [0.15, 0.2) is 0 Å². The van der Waals surface area contributed by atoms with Gasteiger partial charge >= 0.3 is 0 Å². The monoisotopic (exact) mass is 192 g/mol. The van der Waals surface area contributed by atoms with Crippen molar-refractivity contribution < 1.29 is 4.74 Å². The summed E-state index contributed by atoms with van der Waals surface area (Å²) in [5.41, 5.74) is 0.729. The quantitative estimate of drug-likeness (QED) is 0.693. The summed E-state index contributed by atoms with van der Waals surface area (Å²) < 4.78 is 5.02. The molecule has 0 unspecified atom stereocenters. The molecule has 13 heavy (non-hydrogen) atoms. The highest BCUT2D eigenvalue weighted by Crippen LogP contribution is 2.26. The first kappa shape index (κ1) is 8.32. The highest BCUT2D eigenvalue weighted by atomic mass is 35.5. The van der Waals surface area contributed by atoms with Gasteiger partial charge in [-0.1, -0.05) is 11.6 Å². The number of methoxy groups -OCH3 is 1. The Morgan fingerprint density at radius 3 is 3.15 bits per heavy atom. The number of fused-ring (bicyclic) bond motifs is 1. The second kappa shape index (κ2) is 3.23. The molecule has 2 rings (SSSR count). The Morgan fingerprint density at radius 1 is 1.54 bits per heavy atom. The van der Waals surface area contributed by atoms with Crippen molar-refractivity contribution in [3.8, 4) is 5.75 Å². The van der Waals surface area contributed by atoms with Crippen LogP contribution in [0.1, 0.15) is 0 Å². The zero-order chi connectivity index (χ0) is 9.26. The summed E-state index contributed by atoms with van der Waals surface area (Å²) in [4.78, 5) is 4.13. The minimum atomic E-state index is 0.608. The summed E-state index contributed by atoms with van der Waals surface area (Å²) >= 11 is 6.00. The highest BCUT2D eigenvalue weighted by molar-refractivity contribution is 6.35. The molecule has 0 spiro atoms. The Balaban J connectivity index is 2.77. The van der Waals surface area contributed by atoms with Crippen LogP contribution in [0, 0.1) is 6.07 Å². The first-order valence-corrected chi connectivity index (χ1v) is 4.19. The molecule has 1 heterocycles. The van der Waals surface area contributed by atoms with E-state index in [-0.39, 0.29) is 0 Å². The molecule has 0 saturated heterocycles. The maximum absolute atomic E-state index is 6.00. The van der Waals surface area contributed by atoms with E-state index < -0.39 is 0 Å². The topological polar surface area (TPSA) is 22.1 Å². The molecule has 65 valence electrons. The van der Waals surface area contributed by atoms with Crippen LogP contribution in [0.25, 0.3) is 10.9 Å². The standard InChI is InChI=1S/C10H7ClNO/c1-13-7-5-9(11)8-3-2-4-12-10(8)6-7/h2-5H,1H3. The van der Waals surface area contributed by atoms with Crippen LogP contribution in [0.4, 0.5) is 0 Å². The van der Waals surface area contributed by atoms with Gasteiger partial charge in [0.05, 0.1) is 23.7 Å². The summed E-state index contributed by atoms with van der Waals surface area (Å²) in [6, 6.07) is 8.47. The van der Waals surface area contributed by atoms with Crippen LogP contribution in [-0.4, -0.2) is 12.1 Å².